The fraction of sp³-hybridized carbons (Fsp3) is 0.192. The van der Waals surface area contributed by atoms with Crippen LogP contribution in [0.3, 0.4) is 0 Å². The molecule has 0 unspecified atom stereocenters. The maximum atomic E-state index is 12.8. The molecule has 6 heterocycles. The molecular formula is C52H52Cl3FN12O3. The van der Waals surface area contributed by atoms with Crippen molar-refractivity contribution in [2.24, 2.45) is 5.73 Å². The number of carbonyl (C=O) groups is 2. The SMILES string of the molecule is C.Cc1cc(N)nc(C)c1CN.Cc1cc(N)nc(C)c1CNC(=O)c1ccnc(Cc2cc(C#N)c3ncc(Cl)cc3c2)c1.Cl.N#Cc1cc(Cc2cc(C(=O)O)ccn2)cc2cc(Cl)cnc12.[2H]CF. The van der Waals surface area contributed by atoms with Gasteiger partial charge < -0.3 is 27.6 Å². The Morgan fingerprint density at radius 1 is 0.718 bits per heavy atom. The smallest absolute Gasteiger partial charge is 0.335 e. The molecule has 0 saturated carbocycles. The van der Waals surface area contributed by atoms with Crippen LogP contribution in [0.4, 0.5) is 16.0 Å². The average molecular weight is 1020 g/mol. The lowest BCUT2D eigenvalue weighted by Crippen LogP contribution is -2.24. The molecule has 0 bridgehead atoms. The topological polar surface area (TPSA) is 269 Å². The number of aromatic nitrogens is 6. The number of amides is 1. The fourth-order valence-electron chi connectivity index (χ4n) is 7.41. The highest BCUT2D eigenvalue weighted by Crippen LogP contribution is 2.25. The lowest BCUT2D eigenvalue weighted by atomic mass is 10.0. The second kappa shape index (κ2) is 26.8. The van der Waals surface area contributed by atoms with Crippen molar-refractivity contribution in [1.82, 2.24) is 35.2 Å². The standard InChI is InChI=1S/C25H21ClN6O.C17H10ClN3O2.C8H13N3.CH3F.CH4.ClH/c1-14-5-23(28)32-15(2)22(14)13-31-25(33)17-3-4-29-21(10-17)8-16-6-18-9-20(26)12-30-24(18)19(7-16)11-27;18-14-6-12-3-10(4-13(8-19)16(12)21-9-14)5-15-7-11(17(22)23)1-2-20-15;1-5-3-8(10)11-6(2)7(5)4-9;1-2;;/h3-7,9-10,12H,8,13H2,1-2H3,(H2,28,32)(H,31,33);1-4,6-7,9H,5H2,(H,22,23);3H,4,9H2,1-2H3,(H2,10,11);1H3;1H4;1H/i;;;1D;;. The summed E-state index contributed by atoms with van der Waals surface area (Å²) in [6, 6.07) is 25.2. The summed E-state index contributed by atoms with van der Waals surface area (Å²) in [5, 5.41) is 33.3. The summed E-state index contributed by atoms with van der Waals surface area (Å²) in [7, 11) is -1.00. The number of carbonyl (C=O) groups excluding carboxylic acids is 1. The number of carboxylic acids is 1. The number of alkyl halides is 1. The van der Waals surface area contributed by atoms with Gasteiger partial charge in [0, 0.05) is 89.8 Å². The molecule has 0 fully saturated rings. The average Bonchev–Trinajstić information content (AvgIpc) is 3.31. The van der Waals surface area contributed by atoms with Crippen molar-refractivity contribution >= 4 is 80.9 Å². The molecule has 366 valence electrons. The first-order valence-electron chi connectivity index (χ1n) is 21.6. The van der Waals surface area contributed by atoms with Gasteiger partial charge in [0.15, 0.2) is 0 Å². The van der Waals surface area contributed by atoms with E-state index in [1.165, 1.54) is 30.7 Å². The van der Waals surface area contributed by atoms with Crippen molar-refractivity contribution in [3.05, 3.63) is 186 Å². The predicted octanol–water partition coefficient (Wildman–Crippen LogP) is 10.1. The van der Waals surface area contributed by atoms with Crippen molar-refractivity contribution in [2.75, 3.05) is 18.6 Å². The Bertz CT molecular complexity index is 3270. The minimum absolute atomic E-state index is 0. The number of rotatable bonds is 9. The molecule has 15 nitrogen and oxygen atoms in total. The van der Waals surface area contributed by atoms with Crippen LogP contribution in [0.15, 0.2) is 97.6 Å². The molecule has 8 N–H and O–H groups in total. The minimum Gasteiger partial charge on any atom is -0.478 e. The number of hydrogen-bond acceptors (Lipinski definition) is 13. The fourth-order valence-corrected chi connectivity index (χ4v) is 7.74. The summed E-state index contributed by atoms with van der Waals surface area (Å²) in [6.07, 6.45) is 6.97. The summed E-state index contributed by atoms with van der Waals surface area (Å²) < 4.78 is 15.5. The van der Waals surface area contributed by atoms with Crippen molar-refractivity contribution < 1.29 is 20.5 Å². The van der Waals surface area contributed by atoms with Gasteiger partial charge in [-0.2, -0.15) is 10.5 Å². The monoisotopic (exact) mass is 1020 g/mol. The summed E-state index contributed by atoms with van der Waals surface area (Å²) >= 11 is 12.0. The third kappa shape index (κ3) is 15.3. The Balaban J connectivity index is 0.000000304. The number of nitrogens with one attached hydrogen (secondary N) is 1. The molecule has 8 rings (SSSR count). The van der Waals surface area contributed by atoms with Crippen LogP contribution in [-0.2, 0) is 25.9 Å². The molecule has 19 heteroatoms. The summed E-state index contributed by atoms with van der Waals surface area (Å²) in [4.78, 5) is 49.2. The van der Waals surface area contributed by atoms with E-state index in [1.54, 1.807) is 48.7 Å². The number of nitrogens with zero attached hydrogens (tertiary/aromatic N) is 8. The molecule has 71 heavy (non-hydrogen) atoms. The normalized spacial score (nSPS) is 10.2. The van der Waals surface area contributed by atoms with Crippen LogP contribution >= 0.6 is 35.6 Å². The van der Waals surface area contributed by atoms with Crippen LogP contribution in [0, 0.1) is 50.4 Å². The van der Waals surface area contributed by atoms with Gasteiger partial charge in [-0.25, -0.2) is 14.8 Å². The van der Waals surface area contributed by atoms with Gasteiger partial charge in [0.2, 0.25) is 0 Å². The number of benzene rings is 2. The van der Waals surface area contributed by atoms with Gasteiger partial charge in [-0.05, 0) is 134 Å². The first-order chi connectivity index (χ1) is 33.5. The molecule has 6 aromatic heterocycles. The van der Waals surface area contributed by atoms with Crippen molar-refractivity contribution in [2.45, 2.75) is 61.1 Å². The molecule has 2 aromatic carbocycles. The number of pyridine rings is 6. The predicted molar refractivity (Wildman–Crippen MR) is 280 cm³/mol. The Hall–Kier alpha value is -7.86. The maximum absolute atomic E-state index is 12.8. The highest BCUT2D eigenvalue weighted by atomic mass is 35.5. The van der Waals surface area contributed by atoms with Gasteiger partial charge in [0.1, 0.15) is 23.8 Å². The quantitative estimate of drug-likeness (QED) is 0.0900. The van der Waals surface area contributed by atoms with E-state index >= 15 is 0 Å². The lowest BCUT2D eigenvalue weighted by molar-refractivity contribution is 0.0696. The number of anilines is 2. The second-order valence-corrected chi connectivity index (χ2v) is 16.3. The van der Waals surface area contributed by atoms with Crippen molar-refractivity contribution in [3.63, 3.8) is 0 Å². The number of carboxylic acid groups (broad SMARTS) is 1. The van der Waals surface area contributed by atoms with E-state index in [-0.39, 0.29) is 31.3 Å². The number of nitrogen functional groups attached to an aromatic ring is 2. The van der Waals surface area contributed by atoms with E-state index in [2.05, 4.69) is 47.4 Å². The van der Waals surface area contributed by atoms with E-state index in [1.807, 2.05) is 45.9 Å². The number of fused-ring (bicyclic) bond motifs is 2. The Kier molecular flexibility index (Phi) is 21.0. The van der Waals surface area contributed by atoms with Crippen LogP contribution < -0.4 is 22.5 Å². The number of nitriles is 2. The summed E-state index contributed by atoms with van der Waals surface area (Å²) in [5.41, 5.74) is 28.5. The zero-order valence-corrected chi connectivity index (χ0v) is 40.7. The largest absolute Gasteiger partial charge is 0.478 e. The zero-order valence-electron chi connectivity index (χ0n) is 39.4. The Morgan fingerprint density at radius 2 is 1.15 bits per heavy atom. The summed E-state index contributed by atoms with van der Waals surface area (Å²) in [6.45, 7) is 8.62. The molecule has 0 saturated heterocycles. The van der Waals surface area contributed by atoms with E-state index in [0.29, 0.717) is 86.7 Å². The van der Waals surface area contributed by atoms with Gasteiger partial charge in [0.25, 0.3) is 5.91 Å². The van der Waals surface area contributed by atoms with E-state index in [4.69, 9.17) is 46.9 Å². The number of halogens is 4. The molecule has 0 aliphatic heterocycles. The van der Waals surface area contributed by atoms with Crippen LogP contribution in [0.1, 0.15) is 96.8 Å². The van der Waals surface area contributed by atoms with Gasteiger partial charge >= 0.3 is 5.97 Å². The van der Waals surface area contributed by atoms with Gasteiger partial charge in [-0.1, -0.05) is 30.6 Å². The molecule has 0 spiro atoms. The van der Waals surface area contributed by atoms with Crippen LogP contribution in [-0.4, -0.2) is 54.0 Å². The molecular weight excluding hydrogens is 966 g/mol. The molecule has 0 radical (unpaired) electrons. The molecule has 0 aliphatic carbocycles. The van der Waals surface area contributed by atoms with Gasteiger partial charge in [-0.3, -0.25) is 29.1 Å². The molecule has 1 amide bonds. The molecule has 8 aromatic rings. The molecule has 0 atom stereocenters. The third-order valence-corrected chi connectivity index (χ3v) is 11.0. The van der Waals surface area contributed by atoms with Gasteiger partial charge in [0.05, 0.1) is 46.3 Å². The van der Waals surface area contributed by atoms with E-state index in [0.717, 1.165) is 55.5 Å². The number of aromatic carboxylic acids is 1. The minimum atomic E-state index is -1.00. The number of nitrogens with two attached hydrogens (primary N) is 3. The maximum Gasteiger partial charge on any atom is 0.335 e. The Morgan fingerprint density at radius 3 is 1.58 bits per heavy atom. The van der Waals surface area contributed by atoms with Crippen LogP contribution in [0.5, 0.6) is 0 Å². The third-order valence-electron chi connectivity index (χ3n) is 10.6. The Labute approximate surface area is 428 Å². The van der Waals surface area contributed by atoms with Crippen LogP contribution in [0.25, 0.3) is 21.8 Å². The van der Waals surface area contributed by atoms with Gasteiger partial charge in [-0.15, -0.1) is 12.4 Å². The van der Waals surface area contributed by atoms with E-state index < -0.39 is 13.1 Å². The highest BCUT2D eigenvalue weighted by molar-refractivity contribution is 6.31. The number of aryl methyl sites for hydroxylation is 4. The van der Waals surface area contributed by atoms with Crippen molar-refractivity contribution in [1.29, 1.82) is 10.5 Å². The number of hydrogen-bond donors (Lipinski definition) is 5. The van der Waals surface area contributed by atoms with E-state index in [9.17, 15) is 24.5 Å². The van der Waals surface area contributed by atoms with Crippen LogP contribution in [0.2, 0.25) is 10.0 Å². The first-order valence-corrected chi connectivity index (χ1v) is 21.6. The first kappa shape index (κ1) is 55.7. The summed E-state index contributed by atoms with van der Waals surface area (Å²) in [5.74, 6) is -0.176. The zero-order chi connectivity index (χ0) is 51.1. The van der Waals surface area contributed by atoms with Crippen molar-refractivity contribution in [3.8, 4) is 12.1 Å². The molecule has 0 aliphatic rings. The highest BCUT2D eigenvalue weighted by Gasteiger charge is 2.14. The lowest BCUT2D eigenvalue weighted by Gasteiger charge is -2.12. The second-order valence-electron chi connectivity index (χ2n) is 15.4.